The summed E-state index contributed by atoms with van der Waals surface area (Å²) in [5.74, 6) is -0.328. The molecule has 0 aliphatic carbocycles. The van der Waals surface area contributed by atoms with Crippen LogP contribution in [0.15, 0.2) is 24.3 Å². The highest BCUT2D eigenvalue weighted by Gasteiger charge is 2.31. The zero-order valence-corrected chi connectivity index (χ0v) is 14.2. The molecular formula is C18H26N2O4. The Balaban J connectivity index is 1.91. The Morgan fingerprint density at radius 1 is 1.33 bits per heavy atom. The van der Waals surface area contributed by atoms with Crippen LogP contribution in [-0.4, -0.2) is 47.6 Å². The number of nitrogens with zero attached hydrogens (tertiary/aromatic N) is 1. The van der Waals surface area contributed by atoms with E-state index in [1.807, 2.05) is 29.2 Å². The van der Waals surface area contributed by atoms with Gasteiger partial charge in [0.2, 0.25) is 5.91 Å². The van der Waals surface area contributed by atoms with Crippen molar-refractivity contribution in [2.24, 2.45) is 0 Å². The Morgan fingerprint density at radius 3 is 2.75 bits per heavy atom. The Hall–Kier alpha value is -2.08. The number of ether oxygens (including phenoxy) is 1. The van der Waals surface area contributed by atoms with Crippen LogP contribution < -0.4 is 10.1 Å². The van der Waals surface area contributed by atoms with Crippen LogP contribution in [0.5, 0.6) is 5.75 Å². The zero-order valence-electron chi connectivity index (χ0n) is 14.2. The van der Waals surface area contributed by atoms with Crippen molar-refractivity contribution in [3.8, 4) is 5.75 Å². The molecule has 2 rings (SSSR count). The molecule has 1 atom stereocenters. The van der Waals surface area contributed by atoms with Crippen LogP contribution in [0, 0.1) is 0 Å². The molecule has 1 fully saturated rings. The minimum absolute atomic E-state index is 0.176. The van der Waals surface area contributed by atoms with Crippen molar-refractivity contribution in [2.45, 2.75) is 45.2 Å². The van der Waals surface area contributed by atoms with Crippen LogP contribution >= 0.6 is 0 Å². The number of carbonyl (C=O) groups excluding carboxylic acids is 1. The van der Waals surface area contributed by atoms with Gasteiger partial charge in [-0.3, -0.25) is 14.5 Å². The van der Waals surface area contributed by atoms with Gasteiger partial charge in [0.15, 0.2) is 0 Å². The lowest BCUT2D eigenvalue weighted by Crippen LogP contribution is -2.55. The highest BCUT2D eigenvalue weighted by Crippen LogP contribution is 2.17. The third kappa shape index (κ3) is 5.53. The smallest absolute Gasteiger partial charge is 0.305 e. The first-order valence-electron chi connectivity index (χ1n) is 8.55. The van der Waals surface area contributed by atoms with Gasteiger partial charge < -0.3 is 15.2 Å². The molecule has 1 heterocycles. The number of carbonyl (C=O) groups is 2. The molecule has 1 aromatic carbocycles. The van der Waals surface area contributed by atoms with Gasteiger partial charge in [-0.2, -0.15) is 0 Å². The molecule has 2 N–H and O–H groups in total. The molecule has 1 aliphatic heterocycles. The largest absolute Gasteiger partial charge is 0.494 e. The first-order valence-corrected chi connectivity index (χ1v) is 8.55. The fraction of sp³-hybridized carbons (Fsp3) is 0.556. The quantitative estimate of drug-likeness (QED) is 0.676. The van der Waals surface area contributed by atoms with Crippen LogP contribution in [0.3, 0.4) is 0 Å². The maximum absolute atomic E-state index is 11.9. The highest BCUT2D eigenvalue weighted by molar-refractivity contribution is 5.86. The molecule has 6 nitrogen and oxygen atoms in total. The van der Waals surface area contributed by atoms with Crippen LogP contribution in [-0.2, 0) is 16.1 Å². The average molecular weight is 334 g/mol. The first kappa shape index (κ1) is 18.3. The molecule has 1 aromatic rings. The molecule has 1 saturated heterocycles. The van der Waals surface area contributed by atoms with Crippen molar-refractivity contribution in [3.63, 3.8) is 0 Å². The van der Waals surface area contributed by atoms with Crippen LogP contribution in [0.4, 0.5) is 0 Å². The second-order valence-electron chi connectivity index (χ2n) is 6.07. The molecule has 0 bridgehead atoms. The van der Waals surface area contributed by atoms with E-state index in [2.05, 4.69) is 12.2 Å². The van der Waals surface area contributed by atoms with E-state index in [4.69, 9.17) is 9.84 Å². The van der Waals surface area contributed by atoms with E-state index in [0.29, 0.717) is 19.6 Å². The van der Waals surface area contributed by atoms with E-state index < -0.39 is 12.0 Å². The lowest BCUT2D eigenvalue weighted by molar-refractivity contribution is -0.143. The van der Waals surface area contributed by atoms with Gasteiger partial charge in [0.1, 0.15) is 11.8 Å². The fourth-order valence-electron chi connectivity index (χ4n) is 2.81. The van der Waals surface area contributed by atoms with Gasteiger partial charge in [-0.05, 0) is 24.1 Å². The molecule has 132 valence electrons. The summed E-state index contributed by atoms with van der Waals surface area (Å²) in [4.78, 5) is 24.8. The van der Waals surface area contributed by atoms with Crippen LogP contribution in [0.25, 0.3) is 0 Å². The Labute approximate surface area is 142 Å². The van der Waals surface area contributed by atoms with E-state index in [9.17, 15) is 9.59 Å². The molecule has 1 aliphatic rings. The maximum Gasteiger partial charge on any atom is 0.305 e. The van der Waals surface area contributed by atoms with E-state index in [1.165, 1.54) is 12.8 Å². The van der Waals surface area contributed by atoms with E-state index in [1.54, 1.807) is 0 Å². The number of rotatable bonds is 9. The van der Waals surface area contributed by atoms with Gasteiger partial charge in [0.05, 0.1) is 13.0 Å². The fourth-order valence-corrected chi connectivity index (χ4v) is 2.81. The summed E-state index contributed by atoms with van der Waals surface area (Å²) in [7, 11) is 0. The van der Waals surface area contributed by atoms with Crippen molar-refractivity contribution in [1.82, 2.24) is 10.2 Å². The molecule has 0 radical (unpaired) electrons. The number of carboxylic acids is 1. The number of nitrogens with one attached hydrogen (secondary N) is 1. The summed E-state index contributed by atoms with van der Waals surface area (Å²) >= 11 is 0. The highest BCUT2D eigenvalue weighted by atomic mass is 16.5. The number of benzene rings is 1. The number of aliphatic carboxylic acids is 1. The summed E-state index contributed by atoms with van der Waals surface area (Å²) < 4.78 is 5.69. The number of unbranched alkanes of at least 4 members (excludes halogenated alkanes) is 2. The third-order valence-electron chi connectivity index (χ3n) is 4.14. The monoisotopic (exact) mass is 334 g/mol. The summed E-state index contributed by atoms with van der Waals surface area (Å²) in [5, 5.41) is 11.7. The van der Waals surface area contributed by atoms with Crippen molar-refractivity contribution in [1.29, 1.82) is 0 Å². The first-order chi connectivity index (χ1) is 11.6. The second-order valence-corrected chi connectivity index (χ2v) is 6.07. The topological polar surface area (TPSA) is 78.9 Å². The van der Waals surface area contributed by atoms with Gasteiger partial charge in [-0.1, -0.05) is 31.9 Å². The lowest BCUT2D eigenvalue weighted by Gasteiger charge is -2.34. The molecular weight excluding hydrogens is 308 g/mol. The Kier molecular flexibility index (Phi) is 7.06. The second kappa shape index (κ2) is 9.27. The molecule has 6 heteroatoms. The number of amides is 1. The molecule has 1 amide bonds. The van der Waals surface area contributed by atoms with Gasteiger partial charge in [-0.15, -0.1) is 0 Å². The van der Waals surface area contributed by atoms with E-state index in [0.717, 1.165) is 24.3 Å². The summed E-state index contributed by atoms with van der Waals surface area (Å²) in [5.41, 5.74) is 1.04. The SMILES string of the molecule is CCCCCOc1ccc(CN2CCNC(=O)C2CC(=O)O)cc1. The lowest BCUT2D eigenvalue weighted by atomic mass is 10.1. The van der Waals surface area contributed by atoms with Gasteiger partial charge in [0.25, 0.3) is 0 Å². The Bertz CT molecular complexity index is 544. The predicted octanol–water partition coefficient (Wildman–Crippen LogP) is 2.03. The number of hydrogen-bond donors (Lipinski definition) is 2. The minimum Gasteiger partial charge on any atom is -0.494 e. The summed E-state index contributed by atoms with van der Waals surface area (Å²) in [6, 6.07) is 7.19. The molecule has 24 heavy (non-hydrogen) atoms. The van der Waals surface area contributed by atoms with Crippen molar-refractivity contribution >= 4 is 11.9 Å². The number of piperazine rings is 1. The zero-order chi connectivity index (χ0) is 17.4. The van der Waals surface area contributed by atoms with Gasteiger partial charge in [-0.25, -0.2) is 0 Å². The standard InChI is InChI=1S/C18H26N2O4/c1-2-3-4-11-24-15-7-5-14(6-8-15)13-20-10-9-19-18(23)16(20)12-17(21)22/h5-8,16H,2-4,9-13H2,1H3,(H,19,23)(H,21,22). The summed E-state index contributed by atoms with van der Waals surface area (Å²) in [6.45, 7) is 4.64. The van der Waals surface area contributed by atoms with Crippen molar-refractivity contribution in [2.75, 3.05) is 19.7 Å². The maximum atomic E-state index is 11.9. The third-order valence-corrected chi connectivity index (χ3v) is 4.14. The number of carboxylic acid groups (broad SMARTS) is 1. The van der Waals surface area contributed by atoms with Crippen LogP contribution in [0.1, 0.15) is 38.2 Å². The molecule has 0 spiro atoms. The van der Waals surface area contributed by atoms with Crippen LogP contribution in [0.2, 0.25) is 0 Å². The van der Waals surface area contributed by atoms with Crippen molar-refractivity contribution in [3.05, 3.63) is 29.8 Å². The molecule has 0 saturated carbocycles. The van der Waals surface area contributed by atoms with E-state index in [-0.39, 0.29) is 12.3 Å². The minimum atomic E-state index is -0.960. The molecule has 1 unspecified atom stereocenters. The average Bonchev–Trinajstić information content (AvgIpc) is 2.56. The van der Waals surface area contributed by atoms with Crippen molar-refractivity contribution < 1.29 is 19.4 Å². The van der Waals surface area contributed by atoms with E-state index >= 15 is 0 Å². The Morgan fingerprint density at radius 2 is 2.08 bits per heavy atom. The predicted molar refractivity (Wildman–Crippen MR) is 90.9 cm³/mol. The van der Waals surface area contributed by atoms with Gasteiger partial charge in [0, 0.05) is 19.6 Å². The summed E-state index contributed by atoms with van der Waals surface area (Å²) in [6.07, 6.45) is 3.21. The van der Waals surface area contributed by atoms with Gasteiger partial charge >= 0.3 is 5.97 Å². The number of hydrogen-bond acceptors (Lipinski definition) is 4. The normalized spacial score (nSPS) is 18.2. The molecule has 0 aromatic heterocycles.